The second kappa shape index (κ2) is 5.12. The van der Waals surface area contributed by atoms with Gasteiger partial charge in [0, 0.05) is 25.0 Å². The number of aromatic nitrogens is 2. The van der Waals surface area contributed by atoms with E-state index in [0.717, 1.165) is 36.7 Å². The summed E-state index contributed by atoms with van der Waals surface area (Å²) in [5, 5.41) is 3.86. The van der Waals surface area contributed by atoms with E-state index >= 15 is 0 Å². The van der Waals surface area contributed by atoms with Gasteiger partial charge in [0.25, 0.3) is 0 Å². The van der Waals surface area contributed by atoms with Crippen molar-refractivity contribution in [3.63, 3.8) is 0 Å². The summed E-state index contributed by atoms with van der Waals surface area (Å²) in [6, 6.07) is 0.629. The SMILES string of the molecule is CCNC(Cn1ccnc1C)C12CC3CC(CC(C3)C1)C2. The molecule has 4 aliphatic carbocycles. The summed E-state index contributed by atoms with van der Waals surface area (Å²) in [6.45, 7) is 6.57. The molecule has 3 nitrogen and oxygen atoms in total. The Morgan fingerprint density at radius 3 is 2.33 bits per heavy atom. The molecule has 0 saturated heterocycles. The molecule has 4 aliphatic rings. The summed E-state index contributed by atoms with van der Waals surface area (Å²) < 4.78 is 2.35. The van der Waals surface area contributed by atoms with Crippen LogP contribution in [-0.4, -0.2) is 22.1 Å². The van der Waals surface area contributed by atoms with Crippen LogP contribution in [0.5, 0.6) is 0 Å². The van der Waals surface area contributed by atoms with Crippen LogP contribution in [-0.2, 0) is 6.54 Å². The molecule has 4 fully saturated rings. The number of nitrogens with one attached hydrogen (secondary N) is 1. The Labute approximate surface area is 128 Å². The highest BCUT2D eigenvalue weighted by atomic mass is 15.1. The second-order valence-electron chi connectivity index (χ2n) is 8.02. The highest BCUT2D eigenvalue weighted by Crippen LogP contribution is 2.61. The van der Waals surface area contributed by atoms with E-state index in [1.54, 1.807) is 0 Å². The quantitative estimate of drug-likeness (QED) is 0.899. The molecule has 1 aromatic rings. The first-order valence-corrected chi connectivity index (χ1v) is 8.89. The topological polar surface area (TPSA) is 29.9 Å². The molecule has 21 heavy (non-hydrogen) atoms. The van der Waals surface area contributed by atoms with E-state index in [0.29, 0.717) is 11.5 Å². The zero-order valence-corrected chi connectivity index (χ0v) is 13.5. The van der Waals surface area contributed by atoms with Crippen LogP contribution < -0.4 is 5.32 Å². The van der Waals surface area contributed by atoms with E-state index in [1.807, 2.05) is 6.20 Å². The average molecular weight is 287 g/mol. The van der Waals surface area contributed by atoms with Crippen LogP contribution in [0.4, 0.5) is 0 Å². The minimum absolute atomic E-state index is 0.571. The number of nitrogens with zero attached hydrogens (tertiary/aromatic N) is 2. The van der Waals surface area contributed by atoms with E-state index in [9.17, 15) is 0 Å². The van der Waals surface area contributed by atoms with E-state index < -0.39 is 0 Å². The van der Waals surface area contributed by atoms with Gasteiger partial charge in [0.05, 0.1) is 0 Å². The third-order valence-corrected chi connectivity index (χ3v) is 6.58. The second-order valence-corrected chi connectivity index (χ2v) is 8.02. The van der Waals surface area contributed by atoms with Crippen molar-refractivity contribution in [2.45, 2.75) is 65.0 Å². The van der Waals surface area contributed by atoms with Crippen LogP contribution in [0, 0.1) is 30.1 Å². The Hall–Kier alpha value is -0.830. The standard InChI is InChI=1S/C18H29N3/c1-3-19-17(12-21-5-4-20-13(21)2)18-9-14-6-15(10-18)8-16(7-14)11-18/h4-5,14-17,19H,3,6-12H2,1-2H3. The molecular formula is C18H29N3. The lowest BCUT2D eigenvalue weighted by molar-refractivity contribution is -0.0764. The summed E-state index contributed by atoms with van der Waals surface area (Å²) in [7, 11) is 0. The van der Waals surface area contributed by atoms with Crippen molar-refractivity contribution in [2.75, 3.05) is 6.54 Å². The van der Waals surface area contributed by atoms with Gasteiger partial charge in [0.15, 0.2) is 0 Å². The fourth-order valence-corrected chi connectivity index (χ4v) is 6.12. The Kier molecular flexibility index (Phi) is 3.36. The largest absolute Gasteiger partial charge is 0.334 e. The molecule has 0 amide bonds. The summed E-state index contributed by atoms with van der Waals surface area (Å²) in [4.78, 5) is 4.41. The molecule has 1 heterocycles. The Bertz CT molecular complexity index is 469. The van der Waals surface area contributed by atoms with Crippen LogP contribution in [0.1, 0.15) is 51.3 Å². The summed E-state index contributed by atoms with van der Waals surface area (Å²) in [6.07, 6.45) is 13.1. The van der Waals surface area contributed by atoms with Crippen LogP contribution >= 0.6 is 0 Å². The van der Waals surface area contributed by atoms with Crippen LogP contribution in [0.25, 0.3) is 0 Å². The Morgan fingerprint density at radius 2 is 1.86 bits per heavy atom. The van der Waals surface area contributed by atoms with E-state index in [4.69, 9.17) is 0 Å². The minimum atomic E-state index is 0.571. The maximum Gasteiger partial charge on any atom is 0.105 e. The van der Waals surface area contributed by atoms with Crippen LogP contribution in [0.3, 0.4) is 0 Å². The summed E-state index contributed by atoms with van der Waals surface area (Å²) >= 11 is 0. The molecule has 4 bridgehead atoms. The number of imidazole rings is 1. The van der Waals surface area contributed by atoms with Gasteiger partial charge < -0.3 is 9.88 Å². The lowest BCUT2D eigenvalue weighted by atomic mass is 9.47. The number of aryl methyl sites for hydroxylation is 1. The van der Waals surface area contributed by atoms with E-state index in [1.165, 1.54) is 38.5 Å². The summed E-state index contributed by atoms with van der Waals surface area (Å²) in [5.74, 6) is 4.24. The lowest BCUT2D eigenvalue weighted by Gasteiger charge is -2.59. The average Bonchev–Trinajstić information content (AvgIpc) is 2.82. The minimum Gasteiger partial charge on any atom is -0.334 e. The highest BCUT2D eigenvalue weighted by molar-refractivity contribution is 5.06. The molecule has 4 saturated carbocycles. The van der Waals surface area contributed by atoms with Gasteiger partial charge in [0.2, 0.25) is 0 Å². The monoisotopic (exact) mass is 287 g/mol. The van der Waals surface area contributed by atoms with Gasteiger partial charge in [-0.1, -0.05) is 6.92 Å². The van der Waals surface area contributed by atoms with Gasteiger partial charge in [-0.05, 0) is 75.2 Å². The third kappa shape index (κ3) is 2.34. The molecule has 5 rings (SSSR count). The zero-order chi connectivity index (χ0) is 14.4. The van der Waals surface area contributed by atoms with Crippen molar-refractivity contribution in [1.82, 2.24) is 14.9 Å². The van der Waals surface area contributed by atoms with Gasteiger partial charge in [-0.15, -0.1) is 0 Å². The van der Waals surface area contributed by atoms with E-state index in [-0.39, 0.29) is 0 Å². The third-order valence-electron chi connectivity index (χ3n) is 6.58. The maximum absolute atomic E-state index is 4.41. The molecule has 116 valence electrons. The molecule has 3 heteroatoms. The summed E-state index contributed by atoms with van der Waals surface area (Å²) in [5.41, 5.74) is 0.571. The number of hydrogen-bond acceptors (Lipinski definition) is 2. The normalized spacial score (nSPS) is 38.9. The molecule has 1 unspecified atom stereocenters. The molecule has 0 aliphatic heterocycles. The van der Waals surface area contributed by atoms with Crippen molar-refractivity contribution in [1.29, 1.82) is 0 Å². The molecule has 1 atom stereocenters. The van der Waals surface area contributed by atoms with Gasteiger partial charge in [-0.3, -0.25) is 0 Å². The first-order valence-electron chi connectivity index (χ1n) is 8.89. The molecule has 1 aromatic heterocycles. The van der Waals surface area contributed by atoms with Crippen molar-refractivity contribution < 1.29 is 0 Å². The fraction of sp³-hybridized carbons (Fsp3) is 0.833. The van der Waals surface area contributed by atoms with Crippen molar-refractivity contribution in [3.8, 4) is 0 Å². The fourth-order valence-electron chi connectivity index (χ4n) is 6.12. The number of hydrogen-bond donors (Lipinski definition) is 1. The maximum atomic E-state index is 4.41. The van der Waals surface area contributed by atoms with Gasteiger partial charge in [-0.2, -0.15) is 0 Å². The molecule has 0 radical (unpaired) electrons. The Morgan fingerprint density at radius 1 is 1.24 bits per heavy atom. The molecular weight excluding hydrogens is 258 g/mol. The van der Waals surface area contributed by atoms with Crippen molar-refractivity contribution >= 4 is 0 Å². The molecule has 0 aromatic carbocycles. The van der Waals surface area contributed by atoms with Gasteiger partial charge in [-0.25, -0.2) is 4.98 Å². The Balaban J connectivity index is 1.60. The predicted octanol–water partition coefficient (Wildman–Crippen LogP) is 3.39. The number of rotatable bonds is 5. The van der Waals surface area contributed by atoms with Crippen LogP contribution in [0.2, 0.25) is 0 Å². The molecule has 1 N–H and O–H groups in total. The number of likely N-dealkylation sites (N-methyl/N-ethyl adjacent to an activating group) is 1. The van der Waals surface area contributed by atoms with Crippen molar-refractivity contribution in [3.05, 3.63) is 18.2 Å². The zero-order valence-electron chi connectivity index (χ0n) is 13.5. The van der Waals surface area contributed by atoms with Crippen molar-refractivity contribution in [2.24, 2.45) is 23.2 Å². The van der Waals surface area contributed by atoms with Crippen LogP contribution in [0.15, 0.2) is 12.4 Å². The highest BCUT2D eigenvalue weighted by Gasteiger charge is 2.53. The van der Waals surface area contributed by atoms with Gasteiger partial charge >= 0.3 is 0 Å². The van der Waals surface area contributed by atoms with Gasteiger partial charge in [0.1, 0.15) is 5.82 Å². The first kappa shape index (κ1) is 13.8. The molecule has 0 spiro atoms. The predicted molar refractivity (Wildman–Crippen MR) is 85.0 cm³/mol. The first-order chi connectivity index (χ1) is 10.2. The smallest absolute Gasteiger partial charge is 0.105 e. The lowest BCUT2D eigenvalue weighted by Crippen LogP contribution is -2.57. The van der Waals surface area contributed by atoms with E-state index in [2.05, 4.69) is 34.9 Å².